The summed E-state index contributed by atoms with van der Waals surface area (Å²) in [5.74, 6) is -1.65. The lowest BCUT2D eigenvalue weighted by Gasteiger charge is -2.11. The number of halogens is 3. The highest BCUT2D eigenvalue weighted by atomic mass is 19.4. The van der Waals surface area contributed by atoms with E-state index >= 15 is 0 Å². The number of carbonyl (C=O) groups is 2. The van der Waals surface area contributed by atoms with Crippen molar-refractivity contribution in [3.8, 4) is 28.1 Å². The van der Waals surface area contributed by atoms with Gasteiger partial charge in [0.15, 0.2) is 0 Å². The zero-order valence-corrected chi connectivity index (χ0v) is 17.6. The molecule has 10 heteroatoms. The van der Waals surface area contributed by atoms with Crippen LogP contribution in [0.25, 0.3) is 28.1 Å². The van der Waals surface area contributed by atoms with Crippen molar-refractivity contribution in [1.29, 1.82) is 0 Å². The molecule has 34 heavy (non-hydrogen) atoms. The van der Waals surface area contributed by atoms with Gasteiger partial charge >= 0.3 is 6.18 Å². The summed E-state index contributed by atoms with van der Waals surface area (Å²) in [4.78, 5) is 23.3. The van der Waals surface area contributed by atoms with E-state index in [-0.39, 0.29) is 11.5 Å². The molecule has 3 aromatic carbocycles. The summed E-state index contributed by atoms with van der Waals surface area (Å²) >= 11 is 0. The summed E-state index contributed by atoms with van der Waals surface area (Å²) in [6.45, 7) is 0. The number of nitrogens with one attached hydrogen (secondary N) is 1. The number of aromatic carboxylic acids is 1. The molecular weight excluding hydrogens is 449 g/mol. The Bertz CT molecular complexity index is 1360. The number of carboxylic acid groups (broad SMARTS) is 1. The fraction of sp³-hybridized carbons (Fsp3) is 0.0833. The zero-order valence-electron chi connectivity index (χ0n) is 17.6. The summed E-state index contributed by atoms with van der Waals surface area (Å²) < 4.78 is 39.7. The highest BCUT2D eigenvalue weighted by Gasteiger charge is 2.30. The average molecular weight is 465 g/mol. The number of carbonyl (C=O) groups excluding carboxylic acids is 2. The van der Waals surface area contributed by atoms with E-state index in [1.54, 1.807) is 30.3 Å². The minimum absolute atomic E-state index is 0.102. The van der Waals surface area contributed by atoms with Crippen LogP contribution in [0.1, 0.15) is 26.3 Å². The predicted octanol–water partition coefficient (Wildman–Crippen LogP) is 3.34. The van der Waals surface area contributed by atoms with Crippen LogP contribution >= 0.6 is 0 Å². The second kappa shape index (κ2) is 8.81. The standard InChI is InChI=1S/C24H17F3N4O3/c1-28-22(32)16-4-2-14(3-5-16)17-10-18(23(33)34)12-20(11-17)31-13-21(29-30-31)15-6-8-19(9-7-15)24(25,26)27/h2-13H,1H3,(H,28,32)(H,33,34)/p-1. The molecule has 4 aromatic rings. The van der Waals surface area contributed by atoms with Crippen molar-refractivity contribution in [2.45, 2.75) is 6.18 Å². The molecule has 1 amide bonds. The van der Waals surface area contributed by atoms with Crippen LogP contribution in [0.2, 0.25) is 0 Å². The minimum Gasteiger partial charge on any atom is -0.545 e. The molecule has 0 unspecified atom stereocenters. The van der Waals surface area contributed by atoms with Crippen molar-refractivity contribution in [2.75, 3.05) is 7.05 Å². The smallest absolute Gasteiger partial charge is 0.416 e. The molecule has 0 bridgehead atoms. The van der Waals surface area contributed by atoms with Crippen LogP contribution in [0.3, 0.4) is 0 Å². The molecule has 0 atom stereocenters. The molecule has 0 aliphatic heterocycles. The maximum atomic E-state index is 12.8. The third kappa shape index (κ3) is 4.65. The Morgan fingerprint density at radius 1 is 0.882 bits per heavy atom. The SMILES string of the molecule is CNC(=O)c1ccc(-c2cc(C(=O)[O-])cc(-n3cc(-c4ccc(C(F)(F)F)cc4)nn3)c2)cc1. The molecule has 172 valence electrons. The molecule has 0 saturated carbocycles. The topological polar surface area (TPSA) is 99.9 Å². The fourth-order valence-corrected chi connectivity index (χ4v) is 3.34. The van der Waals surface area contributed by atoms with E-state index in [1.165, 1.54) is 42.2 Å². The van der Waals surface area contributed by atoms with Crippen LogP contribution in [-0.2, 0) is 6.18 Å². The van der Waals surface area contributed by atoms with Gasteiger partial charge < -0.3 is 15.2 Å². The van der Waals surface area contributed by atoms with Gasteiger partial charge in [0.2, 0.25) is 0 Å². The number of hydrogen-bond donors (Lipinski definition) is 1. The molecule has 0 saturated heterocycles. The number of alkyl halides is 3. The van der Waals surface area contributed by atoms with Crippen molar-refractivity contribution in [2.24, 2.45) is 0 Å². The van der Waals surface area contributed by atoms with Gasteiger partial charge in [0.25, 0.3) is 5.91 Å². The van der Waals surface area contributed by atoms with Crippen LogP contribution in [0.4, 0.5) is 13.2 Å². The van der Waals surface area contributed by atoms with Crippen LogP contribution in [0.5, 0.6) is 0 Å². The third-order valence-corrected chi connectivity index (χ3v) is 5.13. The van der Waals surface area contributed by atoms with Gasteiger partial charge in [-0.05, 0) is 59.2 Å². The highest BCUT2D eigenvalue weighted by molar-refractivity contribution is 5.94. The van der Waals surface area contributed by atoms with Gasteiger partial charge in [0.05, 0.1) is 23.4 Å². The molecule has 7 nitrogen and oxygen atoms in total. The van der Waals surface area contributed by atoms with E-state index in [0.717, 1.165) is 12.1 Å². The lowest BCUT2D eigenvalue weighted by Crippen LogP contribution is -2.22. The second-order valence-electron chi connectivity index (χ2n) is 7.34. The van der Waals surface area contributed by atoms with Gasteiger partial charge in [-0.1, -0.05) is 29.5 Å². The summed E-state index contributed by atoms with van der Waals surface area (Å²) in [6.07, 6.45) is -2.97. The van der Waals surface area contributed by atoms with Gasteiger partial charge in [-0.3, -0.25) is 4.79 Å². The fourth-order valence-electron chi connectivity index (χ4n) is 3.34. The number of aromatic nitrogens is 3. The van der Waals surface area contributed by atoms with E-state index in [0.29, 0.717) is 33.6 Å². The normalized spacial score (nSPS) is 11.3. The molecule has 1 N–H and O–H groups in total. The average Bonchev–Trinajstić information content (AvgIpc) is 3.33. The summed E-state index contributed by atoms with van der Waals surface area (Å²) in [7, 11) is 1.52. The molecule has 0 aliphatic carbocycles. The van der Waals surface area contributed by atoms with Crippen molar-refractivity contribution in [3.63, 3.8) is 0 Å². The monoisotopic (exact) mass is 465 g/mol. The number of rotatable bonds is 5. The van der Waals surface area contributed by atoms with Crippen molar-refractivity contribution < 1.29 is 27.9 Å². The molecule has 0 radical (unpaired) electrons. The summed E-state index contributed by atoms with van der Waals surface area (Å²) in [6, 6.07) is 15.5. The number of amides is 1. The minimum atomic E-state index is -4.45. The molecule has 0 aliphatic rings. The van der Waals surface area contributed by atoms with E-state index < -0.39 is 17.7 Å². The maximum absolute atomic E-state index is 12.8. The first kappa shape index (κ1) is 22.7. The number of benzene rings is 3. The number of nitrogens with zero attached hydrogens (tertiary/aromatic N) is 3. The van der Waals surface area contributed by atoms with Crippen LogP contribution in [-0.4, -0.2) is 33.9 Å². The Hall–Kier alpha value is -4.47. The molecule has 1 aromatic heterocycles. The maximum Gasteiger partial charge on any atom is 0.416 e. The first-order chi connectivity index (χ1) is 16.2. The van der Waals surface area contributed by atoms with E-state index in [4.69, 9.17) is 0 Å². The van der Waals surface area contributed by atoms with Gasteiger partial charge in [-0.2, -0.15) is 13.2 Å². The largest absolute Gasteiger partial charge is 0.545 e. The Balaban J connectivity index is 1.70. The Morgan fingerprint density at radius 3 is 2.12 bits per heavy atom. The zero-order chi connectivity index (χ0) is 24.5. The van der Waals surface area contributed by atoms with Crippen LogP contribution in [0, 0.1) is 0 Å². The van der Waals surface area contributed by atoms with Crippen LogP contribution < -0.4 is 10.4 Å². The summed E-state index contributed by atoms with van der Waals surface area (Å²) in [5, 5.41) is 22.1. The van der Waals surface area contributed by atoms with Crippen LogP contribution in [0.15, 0.2) is 72.9 Å². The first-order valence-electron chi connectivity index (χ1n) is 9.95. The van der Waals surface area contributed by atoms with E-state index in [9.17, 15) is 27.9 Å². The van der Waals surface area contributed by atoms with Crippen molar-refractivity contribution in [1.82, 2.24) is 20.3 Å². The predicted molar refractivity (Wildman–Crippen MR) is 115 cm³/mol. The van der Waals surface area contributed by atoms with Crippen molar-refractivity contribution >= 4 is 11.9 Å². The number of hydrogen-bond acceptors (Lipinski definition) is 5. The first-order valence-corrected chi connectivity index (χ1v) is 9.95. The van der Waals surface area contributed by atoms with E-state index in [2.05, 4.69) is 15.6 Å². The van der Waals surface area contributed by atoms with Gasteiger partial charge in [0, 0.05) is 18.2 Å². The van der Waals surface area contributed by atoms with Gasteiger partial charge in [-0.25, -0.2) is 4.68 Å². The lowest BCUT2D eigenvalue weighted by atomic mass is 10.0. The second-order valence-corrected chi connectivity index (χ2v) is 7.34. The van der Waals surface area contributed by atoms with E-state index in [1.807, 2.05) is 0 Å². The van der Waals surface area contributed by atoms with Gasteiger partial charge in [-0.15, -0.1) is 5.10 Å². The molecular formula is C24H16F3N4O3-. The number of carboxylic acids is 1. The molecule has 1 heterocycles. The molecule has 4 rings (SSSR count). The molecule has 0 spiro atoms. The summed E-state index contributed by atoms with van der Waals surface area (Å²) in [5.41, 5.74) is 1.83. The van der Waals surface area contributed by atoms with Crippen molar-refractivity contribution in [3.05, 3.63) is 89.6 Å². The quantitative estimate of drug-likeness (QED) is 0.487. The molecule has 0 fully saturated rings. The third-order valence-electron chi connectivity index (χ3n) is 5.13. The Labute approximate surface area is 191 Å². The Kier molecular flexibility index (Phi) is 5.89. The van der Waals surface area contributed by atoms with Gasteiger partial charge in [0.1, 0.15) is 5.69 Å². The Morgan fingerprint density at radius 2 is 1.53 bits per heavy atom. The lowest BCUT2D eigenvalue weighted by molar-refractivity contribution is -0.255. The highest BCUT2D eigenvalue weighted by Crippen LogP contribution is 2.31.